The summed E-state index contributed by atoms with van der Waals surface area (Å²) in [6, 6.07) is 12.6. The number of hydrogen-bond donors (Lipinski definition) is 1. The molecule has 2 N–H and O–H groups in total. The van der Waals surface area contributed by atoms with Gasteiger partial charge in [0.15, 0.2) is 0 Å². The zero-order valence-electron chi connectivity index (χ0n) is 8.85. The molecule has 0 atom stereocenters. The van der Waals surface area contributed by atoms with Gasteiger partial charge in [-0.3, -0.25) is 0 Å². The molecule has 0 radical (unpaired) electrons. The minimum absolute atomic E-state index is 0.162. The Morgan fingerprint density at radius 3 is 2.71 bits per heavy atom. The molecule has 3 aromatic rings. The van der Waals surface area contributed by atoms with Gasteiger partial charge >= 0.3 is 0 Å². The number of nitrogens with zero attached hydrogens (tertiary/aromatic N) is 1. The molecular weight excluding hydrogens is 235 g/mol. The standard InChI is InChI=1S/C13H9FN2S/c14-9-7-8(5-6-10(9)15)13-16-11-3-1-2-4-12(11)17-13/h1-7H,15H2. The van der Waals surface area contributed by atoms with Crippen LogP contribution in [0.5, 0.6) is 0 Å². The molecule has 1 heterocycles. The van der Waals surface area contributed by atoms with Gasteiger partial charge in [-0.2, -0.15) is 0 Å². The number of anilines is 1. The van der Waals surface area contributed by atoms with Crippen molar-refractivity contribution in [3.05, 3.63) is 48.3 Å². The summed E-state index contributed by atoms with van der Waals surface area (Å²) in [5.41, 5.74) is 7.31. The van der Waals surface area contributed by atoms with Crippen LogP contribution in [0.2, 0.25) is 0 Å². The topological polar surface area (TPSA) is 38.9 Å². The van der Waals surface area contributed by atoms with Crippen LogP contribution in [-0.4, -0.2) is 4.98 Å². The molecule has 0 fully saturated rings. The van der Waals surface area contributed by atoms with Crippen LogP contribution in [0.15, 0.2) is 42.5 Å². The molecule has 1 aromatic heterocycles. The van der Waals surface area contributed by atoms with E-state index in [9.17, 15) is 4.39 Å². The number of para-hydroxylation sites is 1. The summed E-state index contributed by atoms with van der Waals surface area (Å²) in [4.78, 5) is 4.46. The highest BCUT2D eigenvalue weighted by Crippen LogP contribution is 2.30. The van der Waals surface area contributed by atoms with Crippen molar-refractivity contribution in [2.45, 2.75) is 0 Å². The number of aromatic nitrogens is 1. The second kappa shape index (κ2) is 3.82. The summed E-state index contributed by atoms with van der Waals surface area (Å²) in [5, 5.41) is 0.810. The largest absolute Gasteiger partial charge is 0.396 e. The molecule has 0 spiro atoms. The fourth-order valence-electron chi connectivity index (χ4n) is 1.66. The first-order chi connectivity index (χ1) is 8.24. The number of halogens is 1. The minimum Gasteiger partial charge on any atom is -0.396 e. The number of nitrogens with two attached hydrogens (primary N) is 1. The lowest BCUT2D eigenvalue weighted by Crippen LogP contribution is -1.90. The fourth-order valence-corrected chi connectivity index (χ4v) is 2.62. The van der Waals surface area contributed by atoms with Crippen LogP contribution >= 0.6 is 11.3 Å². The molecule has 84 valence electrons. The third-order valence-corrected chi connectivity index (χ3v) is 3.63. The molecule has 2 nitrogen and oxygen atoms in total. The van der Waals surface area contributed by atoms with Crippen molar-refractivity contribution in [2.24, 2.45) is 0 Å². The maximum absolute atomic E-state index is 13.4. The number of hydrogen-bond acceptors (Lipinski definition) is 3. The first-order valence-corrected chi connectivity index (χ1v) is 5.96. The highest BCUT2D eigenvalue weighted by atomic mass is 32.1. The third-order valence-electron chi connectivity index (χ3n) is 2.54. The maximum Gasteiger partial charge on any atom is 0.146 e. The molecule has 0 saturated carbocycles. The summed E-state index contributed by atoms with van der Waals surface area (Å²) in [6.07, 6.45) is 0. The van der Waals surface area contributed by atoms with Gasteiger partial charge in [-0.25, -0.2) is 9.37 Å². The monoisotopic (exact) mass is 244 g/mol. The number of nitrogen functional groups attached to an aromatic ring is 1. The predicted octanol–water partition coefficient (Wildman–Crippen LogP) is 3.68. The molecule has 0 aliphatic heterocycles. The van der Waals surface area contributed by atoms with Crippen molar-refractivity contribution in [1.29, 1.82) is 0 Å². The number of fused-ring (bicyclic) bond motifs is 1. The van der Waals surface area contributed by atoms with Gasteiger partial charge in [0.25, 0.3) is 0 Å². The Balaban J connectivity index is 2.17. The minimum atomic E-state index is -0.401. The van der Waals surface area contributed by atoms with Gasteiger partial charge in [-0.1, -0.05) is 12.1 Å². The molecular formula is C13H9FN2S. The van der Waals surface area contributed by atoms with Crippen LogP contribution in [0.3, 0.4) is 0 Å². The Hall–Kier alpha value is -1.94. The lowest BCUT2D eigenvalue weighted by atomic mass is 10.2. The van der Waals surface area contributed by atoms with E-state index in [2.05, 4.69) is 4.98 Å². The first kappa shape index (κ1) is 10.2. The molecule has 0 aliphatic carbocycles. The fraction of sp³-hybridized carbons (Fsp3) is 0. The van der Waals surface area contributed by atoms with Gasteiger partial charge in [-0.05, 0) is 30.3 Å². The maximum atomic E-state index is 13.4. The number of benzene rings is 2. The molecule has 2 aromatic carbocycles. The predicted molar refractivity (Wildman–Crippen MR) is 69.4 cm³/mol. The number of thiazole rings is 1. The Morgan fingerprint density at radius 1 is 1.12 bits per heavy atom. The molecule has 0 aliphatic rings. The van der Waals surface area contributed by atoms with E-state index >= 15 is 0 Å². The summed E-state index contributed by atoms with van der Waals surface area (Å²) >= 11 is 1.55. The van der Waals surface area contributed by atoms with Crippen molar-refractivity contribution >= 4 is 27.2 Å². The van der Waals surface area contributed by atoms with Gasteiger partial charge in [0.05, 0.1) is 15.9 Å². The van der Waals surface area contributed by atoms with Gasteiger partial charge in [0.1, 0.15) is 10.8 Å². The summed E-state index contributed by atoms with van der Waals surface area (Å²) < 4.78 is 14.5. The van der Waals surface area contributed by atoms with Crippen LogP contribution in [-0.2, 0) is 0 Å². The van der Waals surface area contributed by atoms with Crippen LogP contribution in [0.25, 0.3) is 20.8 Å². The zero-order valence-corrected chi connectivity index (χ0v) is 9.67. The summed E-state index contributed by atoms with van der Waals surface area (Å²) in [5.74, 6) is -0.401. The van der Waals surface area contributed by atoms with Crippen molar-refractivity contribution in [3.8, 4) is 10.6 Å². The number of rotatable bonds is 1. The SMILES string of the molecule is Nc1ccc(-c2nc3ccccc3s2)cc1F. The highest BCUT2D eigenvalue weighted by Gasteiger charge is 2.07. The normalized spacial score (nSPS) is 10.9. The van der Waals surface area contributed by atoms with E-state index in [-0.39, 0.29) is 5.69 Å². The highest BCUT2D eigenvalue weighted by molar-refractivity contribution is 7.21. The van der Waals surface area contributed by atoms with Crippen LogP contribution in [0, 0.1) is 5.82 Å². The summed E-state index contributed by atoms with van der Waals surface area (Å²) in [7, 11) is 0. The van der Waals surface area contributed by atoms with E-state index in [1.165, 1.54) is 6.07 Å². The van der Waals surface area contributed by atoms with E-state index in [1.54, 1.807) is 23.5 Å². The van der Waals surface area contributed by atoms with E-state index in [0.29, 0.717) is 0 Å². The van der Waals surface area contributed by atoms with Gasteiger partial charge in [-0.15, -0.1) is 11.3 Å². The second-order valence-corrected chi connectivity index (χ2v) is 4.75. The van der Waals surface area contributed by atoms with Gasteiger partial charge in [0.2, 0.25) is 0 Å². The van der Waals surface area contributed by atoms with Crippen molar-refractivity contribution < 1.29 is 4.39 Å². The lowest BCUT2D eigenvalue weighted by molar-refractivity contribution is 0.633. The van der Waals surface area contributed by atoms with E-state index < -0.39 is 5.82 Å². The molecule has 0 unspecified atom stereocenters. The third kappa shape index (κ3) is 1.76. The zero-order chi connectivity index (χ0) is 11.8. The molecule has 3 rings (SSSR count). The lowest BCUT2D eigenvalue weighted by Gasteiger charge is -1.98. The quantitative estimate of drug-likeness (QED) is 0.663. The first-order valence-electron chi connectivity index (χ1n) is 5.15. The molecule has 0 bridgehead atoms. The van der Waals surface area contributed by atoms with Crippen molar-refractivity contribution in [3.63, 3.8) is 0 Å². The average molecular weight is 244 g/mol. The Labute approximate surface area is 102 Å². The van der Waals surface area contributed by atoms with Crippen LogP contribution in [0.1, 0.15) is 0 Å². The summed E-state index contributed by atoms with van der Waals surface area (Å²) in [6.45, 7) is 0. The van der Waals surface area contributed by atoms with E-state index in [0.717, 1.165) is 20.8 Å². The Kier molecular flexibility index (Phi) is 2.30. The van der Waals surface area contributed by atoms with Crippen molar-refractivity contribution in [2.75, 3.05) is 5.73 Å². The smallest absolute Gasteiger partial charge is 0.146 e. The Bertz CT molecular complexity index is 658. The Morgan fingerprint density at radius 2 is 1.94 bits per heavy atom. The van der Waals surface area contributed by atoms with Gasteiger partial charge < -0.3 is 5.73 Å². The van der Waals surface area contributed by atoms with Crippen LogP contribution in [0.4, 0.5) is 10.1 Å². The second-order valence-electron chi connectivity index (χ2n) is 3.72. The van der Waals surface area contributed by atoms with Gasteiger partial charge in [0, 0.05) is 5.56 Å². The van der Waals surface area contributed by atoms with E-state index in [4.69, 9.17) is 5.73 Å². The van der Waals surface area contributed by atoms with Crippen LogP contribution < -0.4 is 5.73 Å². The van der Waals surface area contributed by atoms with E-state index in [1.807, 2.05) is 24.3 Å². The molecule has 4 heteroatoms. The average Bonchev–Trinajstić information content (AvgIpc) is 2.76. The molecule has 0 amide bonds. The molecule has 17 heavy (non-hydrogen) atoms. The van der Waals surface area contributed by atoms with Crippen molar-refractivity contribution in [1.82, 2.24) is 4.98 Å². The molecule has 0 saturated heterocycles.